The maximum atomic E-state index is 12.7. The van der Waals surface area contributed by atoms with Crippen LogP contribution < -0.4 is 5.84 Å². The molecule has 0 aliphatic heterocycles. The molecule has 0 saturated carbocycles. The molecule has 2 aromatic rings. The SMILES string of the molecule is CCN(C(=O)CSc1nnc(-c2ccc(Cl)cc2Cl)n1N)C1=CCCCC1. The molecule has 3 rings (SSSR count). The number of hydrogen-bond donors (Lipinski definition) is 1. The minimum absolute atomic E-state index is 0.0460. The summed E-state index contributed by atoms with van der Waals surface area (Å²) in [5.41, 5.74) is 1.76. The van der Waals surface area contributed by atoms with Crippen LogP contribution in [0.4, 0.5) is 0 Å². The van der Waals surface area contributed by atoms with E-state index in [4.69, 9.17) is 29.0 Å². The third kappa shape index (κ3) is 4.59. The van der Waals surface area contributed by atoms with E-state index in [0.29, 0.717) is 33.1 Å². The van der Waals surface area contributed by atoms with E-state index in [2.05, 4.69) is 16.3 Å². The van der Waals surface area contributed by atoms with Crippen LogP contribution in [0.2, 0.25) is 10.0 Å². The third-order valence-corrected chi connectivity index (χ3v) is 5.87. The predicted octanol–water partition coefficient (Wildman–Crippen LogP) is 4.36. The Bertz CT molecular complexity index is 867. The van der Waals surface area contributed by atoms with Crippen LogP contribution in [0, 0.1) is 0 Å². The first-order valence-corrected chi connectivity index (χ1v) is 10.5. The molecule has 0 unspecified atom stereocenters. The Morgan fingerprint density at radius 2 is 2.15 bits per heavy atom. The molecule has 0 saturated heterocycles. The van der Waals surface area contributed by atoms with Crippen molar-refractivity contribution in [2.45, 2.75) is 37.8 Å². The van der Waals surface area contributed by atoms with Crippen LogP contribution in [0.25, 0.3) is 11.4 Å². The van der Waals surface area contributed by atoms with Gasteiger partial charge in [-0.2, -0.15) is 0 Å². The number of nitrogens with zero attached hydrogens (tertiary/aromatic N) is 4. The molecular weight excluding hydrogens is 405 g/mol. The van der Waals surface area contributed by atoms with Gasteiger partial charge in [0.15, 0.2) is 5.82 Å². The molecule has 0 spiro atoms. The van der Waals surface area contributed by atoms with Crippen LogP contribution in [0.1, 0.15) is 32.6 Å². The van der Waals surface area contributed by atoms with Crippen LogP contribution in [-0.2, 0) is 4.79 Å². The Balaban J connectivity index is 1.70. The molecule has 0 bridgehead atoms. The van der Waals surface area contributed by atoms with E-state index in [9.17, 15) is 4.79 Å². The van der Waals surface area contributed by atoms with E-state index in [0.717, 1.165) is 25.0 Å². The van der Waals surface area contributed by atoms with Crippen molar-refractivity contribution < 1.29 is 4.79 Å². The number of carbonyl (C=O) groups is 1. The number of thioether (sulfide) groups is 1. The zero-order valence-corrected chi connectivity index (χ0v) is 17.3. The summed E-state index contributed by atoms with van der Waals surface area (Å²) in [5.74, 6) is 6.84. The summed E-state index contributed by atoms with van der Waals surface area (Å²) < 4.78 is 1.35. The highest BCUT2D eigenvalue weighted by Gasteiger charge is 2.20. The lowest BCUT2D eigenvalue weighted by atomic mass is 10.0. The second-order valence-corrected chi connectivity index (χ2v) is 7.95. The summed E-state index contributed by atoms with van der Waals surface area (Å²) in [6, 6.07) is 5.08. The van der Waals surface area contributed by atoms with Crippen molar-refractivity contribution in [3.05, 3.63) is 40.0 Å². The van der Waals surface area contributed by atoms with E-state index in [1.165, 1.54) is 22.9 Å². The summed E-state index contributed by atoms with van der Waals surface area (Å²) in [6.07, 6.45) is 6.48. The molecular formula is C18H21Cl2N5OS. The Kier molecular flexibility index (Phi) is 6.68. The molecule has 1 aromatic carbocycles. The molecule has 1 aromatic heterocycles. The molecule has 144 valence electrons. The summed E-state index contributed by atoms with van der Waals surface area (Å²) in [7, 11) is 0. The van der Waals surface area contributed by atoms with Gasteiger partial charge in [-0.25, -0.2) is 4.68 Å². The molecule has 2 N–H and O–H groups in total. The van der Waals surface area contributed by atoms with Crippen molar-refractivity contribution in [3.63, 3.8) is 0 Å². The van der Waals surface area contributed by atoms with E-state index in [-0.39, 0.29) is 11.7 Å². The van der Waals surface area contributed by atoms with Crippen LogP contribution >= 0.6 is 35.0 Å². The van der Waals surface area contributed by atoms with Crippen LogP contribution in [-0.4, -0.2) is 38.0 Å². The smallest absolute Gasteiger partial charge is 0.237 e. The highest BCUT2D eigenvalue weighted by Crippen LogP contribution is 2.30. The number of amides is 1. The summed E-state index contributed by atoms with van der Waals surface area (Å²) in [6.45, 7) is 2.65. The molecule has 1 heterocycles. The van der Waals surface area contributed by atoms with Gasteiger partial charge < -0.3 is 10.7 Å². The summed E-state index contributed by atoms with van der Waals surface area (Å²) in [4.78, 5) is 14.5. The number of nitrogens with two attached hydrogens (primary N) is 1. The average molecular weight is 426 g/mol. The summed E-state index contributed by atoms with van der Waals surface area (Å²) >= 11 is 13.4. The number of aromatic nitrogens is 3. The lowest BCUT2D eigenvalue weighted by Crippen LogP contribution is -2.32. The van der Waals surface area contributed by atoms with Crippen LogP contribution in [0.5, 0.6) is 0 Å². The van der Waals surface area contributed by atoms with Gasteiger partial charge >= 0.3 is 0 Å². The first-order valence-electron chi connectivity index (χ1n) is 8.79. The van der Waals surface area contributed by atoms with Crippen molar-refractivity contribution in [2.24, 2.45) is 0 Å². The van der Waals surface area contributed by atoms with Gasteiger partial charge in [0.25, 0.3) is 0 Å². The zero-order valence-electron chi connectivity index (χ0n) is 15.0. The van der Waals surface area contributed by atoms with Gasteiger partial charge in [0.1, 0.15) is 0 Å². The maximum absolute atomic E-state index is 12.7. The van der Waals surface area contributed by atoms with Gasteiger partial charge in [-0.05, 0) is 50.8 Å². The number of halogens is 2. The normalized spacial score (nSPS) is 14.1. The number of nitrogen functional groups attached to an aromatic ring is 1. The average Bonchev–Trinajstić information content (AvgIpc) is 3.02. The monoisotopic (exact) mass is 425 g/mol. The van der Waals surface area contributed by atoms with Gasteiger partial charge in [0, 0.05) is 22.8 Å². The number of benzene rings is 1. The van der Waals surface area contributed by atoms with Crippen molar-refractivity contribution in [1.29, 1.82) is 0 Å². The molecule has 0 atom stereocenters. The molecule has 1 aliphatic carbocycles. The predicted molar refractivity (Wildman–Crippen MR) is 110 cm³/mol. The van der Waals surface area contributed by atoms with Crippen molar-refractivity contribution in [3.8, 4) is 11.4 Å². The first-order chi connectivity index (χ1) is 13.0. The van der Waals surface area contributed by atoms with Crippen molar-refractivity contribution in [1.82, 2.24) is 19.8 Å². The first kappa shape index (κ1) is 20.0. The second kappa shape index (κ2) is 8.99. The Hall–Kier alpha value is -1.70. The quantitative estimate of drug-likeness (QED) is 0.549. The van der Waals surface area contributed by atoms with E-state index in [1.807, 2.05) is 11.8 Å². The third-order valence-electron chi connectivity index (χ3n) is 4.39. The number of carbonyl (C=O) groups excluding carboxylic acids is 1. The fourth-order valence-corrected chi connectivity index (χ4v) is 4.27. The van der Waals surface area contributed by atoms with Crippen molar-refractivity contribution >= 4 is 40.9 Å². The number of allylic oxidation sites excluding steroid dienone is 2. The second-order valence-electron chi connectivity index (χ2n) is 6.17. The molecule has 1 aliphatic rings. The van der Waals surface area contributed by atoms with Gasteiger partial charge in [0.2, 0.25) is 11.1 Å². The highest BCUT2D eigenvalue weighted by atomic mass is 35.5. The Morgan fingerprint density at radius 1 is 1.33 bits per heavy atom. The standard InChI is InChI=1S/C18H21Cl2N5OS/c1-2-24(13-6-4-3-5-7-13)16(26)11-27-18-23-22-17(25(18)21)14-9-8-12(19)10-15(14)20/h6,8-10H,2-5,7,11,21H2,1H3. The van der Waals surface area contributed by atoms with Gasteiger partial charge in [-0.15, -0.1) is 10.2 Å². The summed E-state index contributed by atoms with van der Waals surface area (Å²) in [5, 5.41) is 9.64. The lowest BCUT2D eigenvalue weighted by molar-refractivity contribution is -0.126. The van der Waals surface area contributed by atoms with E-state index >= 15 is 0 Å². The Labute approximate surface area is 172 Å². The van der Waals surface area contributed by atoms with E-state index in [1.54, 1.807) is 18.2 Å². The lowest BCUT2D eigenvalue weighted by Gasteiger charge is -2.26. The fourth-order valence-electron chi connectivity index (χ4n) is 3.04. The molecule has 0 radical (unpaired) electrons. The maximum Gasteiger partial charge on any atom is 0.237 e. The molecule has 9 heteroatoms. The minimum Gasteiger partial charge on any atom is -0.335 e. The molecule has 27 heavy (non-hydrogen) atoms. The minimum atomic E-state index is 0.0460. The Morgan fingerprint density at radius 3 is 2.81 bits per heavy atom. The van der Waals surface area contributed by atoms with Crippen LogP contribution in [0.3, 0.4) is 0 Å². The topological polar surface area (TPSA) is 77.0 Å². The van der Waals surface area contributed by atoms with Gasteiger partial charge in [-0.1, -0.05) is 41.0 Å². The fraction of sp³-hybridized carbons (Fsp3) is 0.389. The highest BCUT2D eigenvalue weighted by molar-refractivity contribution is 7.99. The molecule has 6 nitrogen and oxygen atoms in total. The number of hydrogen-bond acceptors (Lipinski definition) is 5. The van der Waals surface area contributed by atoms with Gasteiger partial charge in [-0.3, -0.25) is 4.79 Å². The van der Waals surface area contributed by atoms with Gasteiger partial charge in [0.05, 0.1) is 10.8 Å². The molecule has 0 fully saturated rings. The molecule has 1 amide bonds. The van der Waals surface area contributed by atoms with Crippen LogP contribution in [0.15, 0.2) is 35.1 Å². The number of rotatable bonds is 6. The largest absolute Gasteiger partial charge is 0.335 e. The van der Waals surface area contributed by atoms with E-state index < -0.39 is 0 Å². The zero-order chi connectivity index (χ0) is 19.4. The van der Waals surface area contributed by atoms with Crippen molar-refractivity contribution in [2.75, 3.05) is 18.1 Å².